The van der Waals surface area contributed by atoms with Crippen LogP contribution >= 0.6 is 0 Å². The van der Waals surface area contributed by atoms with E-state index in [-0.39, 0.29) is 24.8 Å². The second-order valence-electron chi connectivity index (χ2n) is 11.5. The molecule has 1 unspecified atom stereocenters. The Balaban J connectivity index is 6.11. The van der Waals surface area contributed by atoms with Crippen LogP contribution in [0.15, 0.2) is 24.3 Å². The summed E-state index contributed by atoms with van der Waals surface area (Å²) in [4.78, 5) is 24.2. The van der Waals surface area contributed by atoms with Gasteiger partial charge in [0, 0.05) is 50.6 Å². The number of alkyl halides is 12. The molecule has 0 radical (unpaired) electrons. The molecule has 49 heavy (non-hydrogen) atoms. The summed E-state index contributed by atoms with van der Waals surface area (Å²) in [7, 11) is 1.14. The lowest BCUT2D eigenvalue weighted by atomic mass is 9.87. The van der Waals surface area contributed by atoms with Gasteiger partial charge in [0.25, 0.3) is 0 Å². The van der Waals surface area contributed by atoms with Crippen LogP contribution in [0.1, 0.15) is 64.7 Å². The molecular formula is C30H42F12O7. The Morgan fingerprint density at radius 2 is 1.06 bits per heavy atom. The molecule has 0 aromatic rings. The van der Waals surface area contributed by atoms with E-state index in [0.717, 1.165) is 7.11 Å². The first-order chi connectivity index (χ1) is 22.3. The molecule has 0 saturated heterocycles. The molecule has 0 saturated carbocycles. The van der Waals surface area contributed by atoms with Crippen LogP contribution in [0.2, 0.25) is 0 Å². The van der Waals surface area contributed by atoms with Gasteiger partial charge >= 0.3 is 47.5 Å². The highest BCUT2D eigenvalue weighted by molar-refractivity contribution is 5.88. The Bertz CT molecular complexity index is 1080. The van der Waals surface area contributed by atoms with Crippen LogP contribution in [-0.2, 0) is 23.8 Å². The van der Waals surface area contributed by atoms with Gasteiger partial charge in [-0.25, -0.2) is 9.59 Å². The van der Waals surface area contributed by atoms with Crippen molar-refractivity contribution in [3.63, 3.8) is 0 Å². The van der Waals surface area contributed by atoms with Crippen LogP contribution in [0.4, 0.5) is 52.7 Å². The van der Waals surface area contributed by atoms with Gasteiger partial charge in [-0.3, -0.25) is 0 Å². The minimum atomic E-state index is -7.74. The van der Waals surface area contributed by atoms with Crippen molar-refractivity contribution in [1.82, 2.24) is 0 Å². The first-order valence-electron chi connectivity index (χ1n) is 15.0. The summed E-state index contributed by atoms with van der Waals surface area (Å²) in [6.07, 6.45) is -6.41. The number of unbranched alkanes of at least 4 members (excludes halogenated alkanes) is 4. The highest BCUT2D eigenvalue weighted by Crippen LogP contribution is 2.61. The minimum Gasteiger partial charge on any atom is -0.462 e. The van der Waals surface area contributed by atoms with E-state index in [1.807, 2.05) is 0 Å². The van der Waals surface area contributed by atoms with Crippen molar-refractivity contribution in [1.29, 1.82) is 0 Å². The maximum absolute atomic E-state index is 14.7. The molecule has 0 fully saturated rings. The molecule has 0 aliphatic heterocycles. The molecule has 0 aliphatic rings. The number of hydrogen-bond acceptors (Lipinski definition) is 7. The molecule has 7 nitrogen and oxygen atoms in total. The molecule has 0 spiro atoms. The van der Waals surface area contributed by atoms with E-state index in [0.29, 0.717) is 12.8 Å². The lowest BCUT2D eigenvalue weighted by molar-refractivity contribution is -0.426. The predicted molar refractivity (Wildman–Crippen MR) is 150 cm³/mol. The molecule has 0 aromatic carbocycles. The van der Waals surface area contributed by atoms with E-state index in [1.54, 1.807) is 6.92 Å². The number of halogens is 12. The predicted octanol–water partition coefficient (Wildman–Crippen LogP) is 7.39. The largest absolute Gasteiger partial charge is 0.462 e. The summed E-state index contributed by atoms with van der Waals surface area (Å²) in [5.74, 6) is -47.4. The molecular weight excluding hydrogens is 700 g/mol. The Hall–Kier alpha value is -2.54. The van der Waals surface area contributed by atoms with Gasteiger partial charge in [-0.05, 0) is 19.3 Å². The quantitative estimate of drug-likeness (QED) is 0.0413. The zero-order chi connectivity index (χ0) is 38.5. The van der Waals surface area contributed by atoms with E-state index in [2.05, 4.69) is 17.9 Å². The van der Waals surface area contributed by atoms with Crippen LogP contribution in [0, 0.1) is 11.8 Å². The van der Waals surface area contributed by atoms with Gasteiger partial charge in [0.2, 0.25) is 0 Å². The maximum Gasteiger partial charge on any atom is 0.384 e. The monoisotopic (exact) mass is 742 g/mol. The van der Waals surface area contributed by atoms with Crippen LogP contribution in [-0.4, -0.2) is 97.8 Å². The average molecular weight is 743 g/mol. The lowest BCUT2D eigenvalue weighted by Gasteiger charge is -2.41. The Morgan fingerprint density at radius 1 is 0.633 bits per heavy atom. The molecule has 1 atom stereocenters. The van der Waals surface area contributed by atoms with E-state index in [9.17, 15) is 62.3 Å². The van der Waals surface area contributed by atoms with Gasteiger partial charge in [-0.1, -0.05) is 45.8 Å². The highest BCUT2D eigenvalue weighted by Gasteiger charge is 2.89. The van der Waals surface area contributed by atoms with Crippen molar-refractivity contribution in [2.24, 2.45) is 11.8 Å². The van der Waals surface area contributed by atoms with E-state index in [1.165, 1.54) is 0 Å². The van der Waals surface area contributed by atoms with Crippen molar-refractivity contribution in [2.45, 2.75) is 100 Å². The van der Waals surface area contributed by atoms with Crippen molar-refractivity contribution < 1.29 is 86.7 Å². The second-order valence-corrected chi connectivity index (χ2v) is 11.5. The number of rotatable bonds is 26. The molecule has 2 N–H and O–H groups in total. The van der Waals surface area contributed by atoms with Gasteiger partial charge in [0.05, 0.1) is 25.4 Å². The molecule has 0 aromatic heterocycles. The summed E-state index contributed by atoms with van der Waals surface area (Å²) >= 11 is 0. The molecule has 0 heterocycles. The van der Waals surface area contributed by atoms with Crippen molar-refractivity contribution >= 4 is 11.9 Å². The fourth-order valence-corrected chi connectivity index (χ4v) is 4.16. The van der Waals surface area contributed by atoms with Crippen LogP contribution < -0.4 is 0 Å². The summed E-state index contributed by atoms with van der Waals surface area (Å²) in [5.41, 5.74) is -0.752. The first kappa shape index (κ1) is 46.5. The second kappa shape index (κ2) is 19.2. The number of methoxy groups -OCH3 is 1. The third-order valence-corrected chi connectivity index (χ3v) is 7.41. The minimum absolute atomic E-state index is 0.180. The van der Waals surface area contributed by atoms with Crippen molar-refractivity contribution in [2.75, 3.05) is 40.1 Å². The van der Waals surface area contributed by atoms with Gasteiger partial charge in [0.1, 0.15) is 0 Å². The van der Waals surface area contributed by atoms with Crippen LogP contribution in [0.5, 0.6) is 0 Å². The maximum atomic E-state index is 14.7. The van der Waals surface area contributed by atoms with E-state index < -0.39 is 124 Å². The number of ether oxygens (including phenoxy) is 3. The summed E-state index contributed by atoms with van der Waals surface area (Å²) in [6.45, 7) is 4.50. The number of aliphatic hydroxyl groups is 2. The van der Waals surface area contributed by atoms with Crippen molar-refractivity contribution in [3.8, 4) is 0 Å². The molecule has 288 valence electrons. The average Bonchev–Trinajstić information content (AvgIpc) is 3.02. The molecule has 0 bridgehead atoms. The number of esters is 2. The van der Waals surface area contributed by atoms with Crippen LogP contribution in [0.3, 0.4) is 0 Å². The topological polar surface area (TPSA) is 102 Å². The third-order valence-electron chi connectivity index (χ3n) is 7.41. The first-order valence-corrected chi connectivity index (χ1v) is 15.0. The van der Waals surface area contributed by atoms with Gasteiger partial charge < -0.3 is 24.4 Å². The molecule has 0 amide bonds. The molecule has 0 aliphatic carbocycles. The zero-order valence-corrected chi connectivity index (χ0v) is 26.9. The summed E-state index contributed by atoms with van der Waals surface area (Å²) in [5, 5.41) is 18.2. The Kier molecular flexibility index (Phi) is 18.2. The molecule has 0 rings (SSSR count). The number of carbonyl (C=O) groups excluding carboxylic acids is 2. The fourth-order valence-electron chi connectivity index (χ4n) is 4.16. The van der Waals surface area contributed by atoms with E-state index in [4.69, 9.17) is 19.7 Å². The van der Waals surface area contributed by atoms with E-state index >= 15 is 0 Å². The summed E-state index contributed by atoms with van der Waals surface area (Å²) < 4.78 is 187. The standard InChI is InChI=1S/C30H42F12O7/c1-5-6-7-8-9-11-25(31,32)27(35,36)29(39,40)30(41,42)28(37,38)26(33,34)12-10-21(18-49-24(46)20(3)16-47-4)17-48-23(45)19(2)13-22(14-43)15-44/h21-22,43-44H,2-3,5-18H2,1,4H3. The van der Waals surface area contributed by atoms with Gasteiger partial charge in [-0.15, -0.1) is 0 Å². The zero-order valence-electron chi connectivity index (χ0n) is 26.9. The Labute approximate surface area is 275 Å². The summed E-state index contributed by atoms with van der Waals surface area (Å²) in [6, 6.07) is 0. The van der Waals surface area contributed by atoms with Crippen LogP contribution in [0.25, 0.3) is 0 Å². The smallest absolute Gasteiger partial charge is 0.384 e. The van der Waals surface area contributed by atoms with Gasteiger partial charge in [-0.2, -0.15) is 52.7 Å². The fraction of sp³-hybridized carbons (Fsp3) is 0.800. The number of hydrogen-bond donors (Lipinski definition) is 2. The number of aliphatic hydroxyl groups excluding tert-OH is 2. The SMILES string of the molecule is C=C(COC)C(=O)OCC(CCC(F)(F)C(F)(F)C(F)(F)C(F)(F)C(F)(F)C(F)(F)CCCCCCC)COC(=O)C(=C)CC(CO)CO. The number of carbonyl (C=O) groups is 2. The molecule has 19 heteroatoms. The van der Waals surface area contributed by atoms with Crippen molar-refractivity contribution in [3.05, 3.63) is 24.3 Å². The Morgan fingerprint density at radius 3 is 1.49 bits per heavy atom. The van der Waals surface area contributed by atoms with Gasteiger partial charge in [0.15, 0.2) is 0 Å². The normalized spacial score (nSPS) is 14.1. The lowest BCUT2D eigenvalue weighted by Crippen LogP contribution is -2.70. The third kappa shape index (κ3) is 11.8. The highest BCUT2D eigenvalue weighted by atomic mass is 19.4.